The van der Waals surface area contributed by atoms with Crippen LogP contribution in [0.3, 0.4) is 0 Å². The van der Waals surface area contributed by atoms with Crippen LogP contribution in [0.2, 0.25) is 10.0 Å². The van der Waals surface area contributed by atoms with Crippen molar-refractivity contribution < 1.29 is 14.6 Å². The van der Waals surface area contributed by atoms with Crippen molar-refractivity contribution in [3.8, 4) is 0 Å². The lowest BCUT2D eigenvalue weighted by molar-refractivity contribution is -0.167. The molecule has 0 aliphatic carbocycles. The topological polar surface area (TPSA) is 40.5 Å². The largest absolute Gasteiger partial charge is 0.362 e. The Morgan fingerprint density at radius 2 is 2.00 bits per heavy atom. The molecule has 0 aromatic heterocycles. The molecule has 2 nitrogen and oxygen atoms in total. The summed E-state index contributed by atoms with van der Waals surface area (Å²) >= 11 is 11.4. The molecule has 1 rings (SSSR count). The van der Waals surface area contributed by atoms with E-state index >= 15 is 0 Å². The fourth-order valence-corrected chi connectivity index (χ4v) is 2.08. The molecule has 0 radical (unpaired) electrons. The van der Waals surface area contributed by atoms with E-state index in [0.29, 0.717) is 5.57 Å². The zero-order valence-corrected chi connectivity index (χ0v) is 10.1. The zero-order chi connectivity index (χ0) is 12.5. The lowest BCUT2D eigenvalue weighted by Crippen LogP contribution is -2.26. The highest BCUT2D eigenvalue weighted by Crippen LogP contribution is 2.37. The number of aliphatic hydroxyl groups is 2. The van der Waals surface area contributed by atoms with Gasteiger partial charge in [0.25, 0.3) is 0 Å². The fourth-order valence-electron chi connectivity index (χ4n) is 1.40. The molecule has 16 heavy (non-hydrogen) atoms. The summed E-state index contributed by atoms with van der Waals surface area (Å²) in [5.41, 5.74) is 0.278. The second-order valence-corrected chi connectivity index (χ2v) is 4.45. The lowest BCUT2D eigenvalue weighted by Gasteiger charge is -2.24. The number of hydrogen-bond donors (Lipinski definition) is 2. The van der Waals surface area contributed by atoms with Crippen LogP contribution in [0.1, 0.15) is 18.9 Å². The maximum atomic E-state index is 13.2. The van der Waals surface area contributed by atoms with E-state index in [1.54, 1.807) is 6.92 Å². The van der Waals surface area contributed by atoms with Gasteiger partial charge in [0.05, 0.1) is 15.6 Å². The van der Waals surface area contributed by atoms with E-state index in [-0.39, 0.29) is 17.0 Å². The maximum Gasteiger partial charge on any atom is 0.196 e. The SMILES string of the molecule is C=C(C)CC(O)(O)c1c(Cl)ccc(F)c1Cl. The third-order valence-electron chi connectivity index (χ3n) is 1.99. The highest BCUT2D eigenvalue weighted by atomic mass is 35.5. The molecule has 0 saturated carbocycles. The van der Waals surface area contributed by atoms with Gasteiger partial charge in [-0.25, -0.2) is 4.39 Å². The normalized spacial score (nSPS) is 11.6. The maximum absolute atomic E-state index is 13.2. The van der Waals surface area contributed by atoms with E-state index in [0.717, 1.165) is 6.07 Å². The standard InChI is InChI=1S/C11H11Cl2FO2/c1-6(2)5-11(15,16)9-7(12)3-4-8(14)10(9)13/h3-4,15-16H,1,5H2,2H3. The molecule has 0 spiro atoms. The molecule has 0 aliphatic rings. The summed E-state index contributed by atoms with van der Waals surface area (Å²) in [5, 5.41) is 19.2. The van der Waals surface area contributed by atoms with E-state index in [9.17, 15) is 14.6 Å². The van der Waals surface area contributed by atoms with Crippen LogP contribution in [0.4, 0.5) is 4.39 Å². The Morgan fingerprint density at radius 1 is 1.44 bits per heavy atom. The molecule has 0 unspecified atom stereocenters. The van der Waals surface area contributed by atoms with Gasteiger partial charge < -0.3 is 10.2 Å². The van der Waals surface area contributed by atoms with Crippen molar-refractivity contribution in [3.05, 3.63) is 45.7 Å². The molecule has 0 saturated heterocycles. The second kappa shape index (κ2) is 4.72. The fraction of sp³-hybridized carbons (Fsp3) is 0.273. The van der Waals surface area contributed by atoms with Gasteiger partial charge in [0.15, 0.2) is 5.79 Å². The Balaban J connectivity index is 3.31. The lowest BCUT2D eigenvalue weighted by atomic mass is 9.99. The van der Waals surface area contributed by atoms with E-state index in [1.165, 1.54) is 6.07 Å². The molecule has 2 N–H and O–H groups in total. The van der Waals surface area contributed by atoms with Gasteiger partial charge in [0.1, 0.15) is 5.82 Å². The van der Waals surface area contributed by atoms with Crippen LogP contribution in [-0.4, -0.2) is 10.2 Å². The predicted molar refractivity (Wildman–Crippen MR) is 62.0 cm³/mol. The predicted octanol–water partition coefficient (Wildman–Crippen LogP) is 3.24. The van der Waals surface area contributed by atoms with Crippen LogP contribution < -0.4 is 0 Å². The van der Waals surface area contributed by atoms with Gasteiger partial charge in [-0.1, -0.05) is 35.4 Å². The molecular weight excluding hydrogens is 254 g/mol. The summed E-state index contributed by atoms with van der Waals surface area (Å²) in [5.74, 6) is -3.07. The van der Waals surface area contributed by atoms with Gasteiger partial charge in [-0.3, -0.25) is 0 Å². The van der Waals surface area contributed by atoms with Gasteiger partial charge >= 0.3 is 0 Å². The van der Waals surface area contributed by atoms with Crippen molar-refractivity contribution in [2.75, 3.05) is 0 Å². The highest BCUT2D eigenvalue weighted by molar-refractivity contribution is 6.36. The average molecular weight is 265 g/mol. The molecule has 0 aliphatic heterocycles. The van der Waals surface area contributed by atoms with Crippen LogP contribution in [0.25, 0.3) is 0 Å². The summed E-state index contributed by atoms with van der Waals surface area (Å²) in [6.07, 6.45) is -0.171. The summed E-state index contributed by atoms with van der Waals surface area (Å²) < 4.78 is 13.2. The van der Waals surface area contributed by atoms with Gasteiger partial charge in [-0.2, -0.15) is 0 Å². The van der Waals surface area contributed by atoms with Crippen LogP contribution in [-0.2, 0) is 5.79 Å². The smallest absolute Gasteiger partial charge is 0.196 e. The molecule has 1 aromatic carbocycles. The first-order chi connectivity index (χ1) is 7.25. The molecule has 0 bridgehead atoms. The first kappa shape index (κ1) is 13.5. The summed E-state index contributed by atoms with van der Waals surface area (Å²) in [6.45, 7) is 5.16. The van der Waals surface area contributed by atoms with E-state index < -0.39 is 16.6 Å². The van der Waals surface area contributed by atoms with Crippen LogP contribution in [0.5, 0.6) is 0 Å². The van der Waals surface area contributed by atoms with Crippen LogP contribution in [0, 0.1) is 5.82 Å². The number of benzene rings is 1. The van der Waals surface area contributed by atoms with Gasteiger partial charge in [0.2, 0.25) is 0 Å². The number of hydrogen-bond acceptors (Lipinski definition) is 2. The highest BCUT2D eigenvalue weighted by Gasteiger charge is 2.32. The van der Waals surface area contributed by atoms with E-state index in [4.69, 9.17) is 23.2 Å². The van der Waals surface area contributed by atoms with Crippen molar-refractivity contribution in [3.63, 3.8) is 0 Å². The number of rotatable bonds is 3. The monoisotopic (exact) mass is 264 g/mol. The average Bonchev–Trinajstić information content (AvgIpc) is 2.09. The quantitative estimate of drug-likeness (QED) is 0.500. The molecule has 0 heterocycles. The summed E-state index contributed by atoms with van der Waals surface area (Å²) in [7, 11) is 0. The Morgan fingerprint density at radius 3 is 2.50 bits per heavy atom. The minimum atomic E-state index is -2.32. The number of halogens is 3. The third-order valence-corrected chi connectivity index (χ3v) is 2.68. The molecule has 5 heteroatoms. The van der Waals surface area contributed by atoms with Crippen molar-refractivity contribution in [1.82, 2.24) is 0 Å². The Kier molecular flexibility index (Phi) is 3.97. The van der Waals surface area contributed by atoms with Gasteiger partial charge in [-0.05, 0) is 19.1 Å². The van der Waals surface area contributed by atoms with Crippen molar-refractivity contribution >= 4 is 23.2 Å². The summed E-state index contributed by atoms with van der Waals surface area (Å²) in [4.78, 5) is 0. The van der Waals surface area contributed by atoms with Crippen molar-refractivity contribution in [1.29, 1.82) is 0 Å². The summed E-state index contributed by atoms with van der Waals surface area (Å²) in [6, 6.07) is 2.28. The van der Waals surface area contributed by atoms with Crippen molar-refractivity contribution in [2.24, 2.45) is 0 Å². The molecule has 0 atom stereocenters. The Labute approximate surface area is 103 Å². The van der Waals surface area contributed by atoms with Crippen LogP contribution >= 0.6 is 23.2 Å². The minimum Gasteiger partial charge on any atom is -0.362 e. The Bertz CT molecular complexity index is 430. The molecule has 88 valence electrons. The Hall–Kier alpha value is -0.610. The van der Waals surface area contributed by atoms with Gasteiger partial charge in [-0.15, -0.1) is 0 Å². The zero-order valence-electron chi connectivity index (χ0n) is 8.60. The van der Waals surface area contributed by atoms with E-state index in [1.807, 2.05) is 0 Å². The van der Waals surface area contributed by atoms with Gasteiger partial charge in [0, 0.05) is 6.42 Å². The first-order valence-electron chi connectivity index (χ1n) is 4.49. The molecular formula is C11H11Cl2FO2. The second-order valence-electron chi connectivity index (χ2n) is 3.67. The minimum absolute atomic E-state index is 0.00218. The third kappa shape index (κ3) is 2.74. The van der Waals surface area contributed by atoms with Crippen LogP contribution in [0.15, 0.2) is 24.3 Å². The first-order valence-corrected chi connectivity index (χ1v) is 5.24. The molecule has 1 aromatic rings. The molecule has 0 amide bonds. The van der Waals surface area contributed by atoms with E-state index in [2.05, 4.69) is 6.58 Å². The van der Waals surface area contributed by atoms with Crippen molar-refractivity contribution in [2.45, 2.75) is 19.1 Å². The molecule has 0 fully saturated rings.